The summed E-state index contributed by atoms with van der Waals surface area (Å²) >= 11 is 0. The van der Waals surface area contributed by atoms with E-state index in [1.807, 2.05) is 30.3 Å². The number of benzene rings is 1. The molecule has 0 unspecified atom stereocenters. The van der Waals surface area contributed by atoms with Crippen LogP contribution in [-0.2, 0) is 37.0 Å². The Balaban J connectivity index is 1.47. The molecule has 2 amide bonds. The van der Waals surface area contributed by atoms with Gasteiger partial charge in [-0.25, -0.2) is 4.79 Å². The topological polar surface area (TPSA) is 150 Å². The fourth-order valence-electron chi connectivity index (χ4n) is 4.31. The highest BCUT2D eigenvalue weighted by molar-refractivity contribution is 5.85. The van der Waals surface area contributed by atoms with E-state index in [2.05, 4.69) is 15.5 Å². The van der Waals surface area contributed by atoms with Crippen LogP contribution in [0.25, 0.3) is 5.65 Å². The van der Waals surface area contributed by atoms with Crippen LogP contribution in [0.4, 0.5) is 4.79 Å². The molecule has 0 saturated carbocycles. The Kier molecular flexibility index (Phi) is 9.47. The second kappa shape index (κ2) is 12.9. The minimum Gasteiger partial charge on any atom is -0.460 e. The van der Waals surface area contributed by atoms with Gasteiger partial charge in [-0.2, -0.15) is 0 Å². The maximum atomic E-state index is 12.9. The lowest BCUT2D eigenvalue weighted by Gasteiger charge is -2.24. The van der Waals surface area contributed by atoms with Crippen LogP contribution >= 0.6 is 0 Å². The smallest absolute Gasteiger partial charge is 0.410 e. The molecule has 0 radical (unpaired) electrons. The van der Waals surface area contributed by atoms with Crippen molar-refractivity contribution in [2.45, 2.75) is 71.9 Å². The van der Waals surface area contributed by atoms with Crippen molar-refractivity contribution in [2.75, 3.05) is 19.7 Å². The van der Waals surface area contributed by atoms with E-state index in [4.69, 9.17) is 19.9 Å². The molecule has 2 aromatic heterocycles. The summed E-state index contributed by atoms with van der Waals surface area (Å²) < 4.78 is 18.9. The van der Waals surface area contributed by atoms with Crippen LogP contribution in [0.15, 0.2) is 48.5 Å². The number of esters is 1. The van der Waals surface area contributed by atoms with Gasteiger partial charge >= 0.3 is 12.1 Å². The number of hydrogen-bond donors (Lipinski definition) is 2. The molecule has 226 valence electrons. The summed E-state index contributed by atoms with van der Waals surface area (Å²) in [4.78, 5) is 39.5. The molecular formula is C30H40N6O6. The molecule has 0 bridgehead atoms. The summed E-state index contributed by atoms with van der Waals surface area (Å²) in [6, 6.07) is 14.3. The van der Waals surface area contributed by atoms with Gasteiger partial charge in [-0.05, 0) is 52.3 Å². The van der Waals surface area contributed by atoms with Crippen molar-refractivity contribution in [3.63, 3.8) is 0 Å². The first-order valence-corrected chi connectivity index (χ1v) is 14.0. The highest BCUT2D eigenvalue weighted by atomic mass is 16.6. The fraction of sp³-hybridized carbons (Fsp3) is 0.500. The minimum absolute atomic E-state index is 0.0713. The Labute approximate surface area is 245 Å². The largest absolute Gasteiger partial charge is 0.460 e. The number of rotatable bonds is 10. The molecule has 1 saturated heterocycles. The van der Waals surface area contributed by atoms with Gasteiger partial charge in [0.25, 0.3) is 0 Å². The van der Waals surface area contributed by atoms with E-state index in [1.54, 1.807) is 57.2 Å². The van der Waals surface area contributed by atoms with Crippen molar-refractivity contribution in [1.29, 1.82) is 0 Å². The van der Waals surface area contributed by atoms with Gasteiger partial charge in [-0.3, -0.25) is 14.0 Å². The first kappa shape index (κ1) is 30.9. The Hall–Kier alpha value is -4.03. The Bertz CT molecular complexity index is 1390. The average molecular weight is 581 g/mol. The van der Waals surface area contributed by atoms with Crippen molar-refractivity contribution in [3.8, 4) is 0 Å². The molecule has 3 heterocycles. The second-order valence-corrected chi connectivity index (χ2v) is 12.1. The molecule has 3 N–H and O–H groups in total. The lowest BCUT2D eigenvalue weighted by Crippen LogP contribution is -2.51. The van der Waals surface area contributed by atoms with E-state index < -0.39 is 23.1 Å². The maximum absolute atomic E-state index is 12.9. The van der Waals surface area contributed by atoms with E-state index in [0.29, 0.717) is 36.7 Å². The Morgan fingerprint density at radius 1 is 1.02 bits per heavy atom. The average Bonchev–Trinajstić information content (AvgIpc) is 3.58. The summed E-state index contributed by atoms with van der Waals surface area (Å²) in [5, 5.41) is 11.6. The Morgan fingerprint density at radius 3 is 2.45 bits per heavy atom. The number of amides is 2. The molecule has 1 fully saturated rings. The van der Waals surface area contributed by atoms with Crippen molar-refractivity contribution < 1.29 is 28.6 Å². The van der Waals surface area contributed by atoms with Crippen LogP contribution < -0.4 is 11.1 Å². The maximum Gasteiger partial charge on any atom is 0.410 e. The van der Waals surface area contributed by atoms with Gasteiger partial charge in [0.2, 0.25) is 5.91 Å². The molecular weight excluding hydrogens is 540 g/mol. The van der Waals surface area contributed by atoms with Crippen molar-refractivity contribution >= 4 is 23.6 Å². The molecule has 4 rings (SSSR count). The van der Waals surface area contributed by atoms with Crippen LogP contribution in [-0.4, -0.2) is 68.8 Å². The summed E-state index contributed by atoms with van der Waals surface area (Å²) in [5.74, 6) is -0.271. The number of carbonyl (C=O) groups is 3. The molecule has 2 atom stereocenters. The predicted octanol–water partition coefficient (Wildman–Crippen LogP) is 3.14. The summed E-state index contributed by atoms with van der Waals surface area (Å²) in [6.45, 7) is 9.66. The standard InChI is InChI=1S/C30H40N6O6/c1-29(2,3)27(38)42-22-14-15-35(16-22)28(39)41-18-21-12-9-13-24-33-34-25(36(21)24)23(32-26(37)30(4,5)31)19-40-17-20-10-7-6-8-11-20/h6-13,22-23H,14-19,31H2,1-5H3,(H,32,37)/t22-,23+/m0/s1. The Morgan fingerprint density at radius 2 is 1.76 bits per heavy atom. The number of nitrogens with one attached hydrogen (secondary N) is 1. The predicted molar refractivity (Wildman–Crippen MR) is 154 cm³/mol. The summed E-state index contributed by atoms with van der Waals surface area (Å²) in [6.07, 6.45) is -0.342. The van der Waals surface area contributed by atoms with E-state index in [0.717, 1.165) is 5.56 Å². The zero-order valence-electron chi connectivity index (χ0n) is 24.8. The van der Waals surface area contributed by atoms with Gasteiger partial charge in [-0.1, -0.05) is 36.4 Å². The lowest BCUT2D eigenvalue weighted by atomic mass is 9.97. The monoisotopic (exact) mass is 580 g/mol. The van der Waals surface area contributed by atoms with Gasteiger partial charge in [0.1, 0.15) is 18.8 Å². The number of nitrogens with zero attached hydrogens (tertiary/aromatic N) is 4. The number of aromatic nitrogens is 3. The van der Waals surface area contributed by atoms with E-state index in [1.165, 1.54) is 4.90 Å². The van der Waals surface area contributed by atoms with Gasteiger partial charge in [-0.15, -0.1) is 10.2 Å². The number of hydrogen-bond acceptors (Lipinski definition) is 9. The first-order valence-electron chi connectivity index (χ1n) is 14.0. The third kappa shape index (κ3) is 7.83. The molecule has 0 spiro atoms. The normalized spacial score (nSPS) is 16.3. The van der Waals surface area contributed by atoms with Crippen molar-refractivity contribution in [2.24, 2.45) is 11.1 Å². The molecule has 12 nitrogen and oxygen atoms in total. The number of nitrogens with two attached hydrogens (primary N) is 1. The molecule has 12 heteroatoms. The van der Waals surface area contributed by atoms with Gasteiger partial charge in [0.15, 0.2) is 11.5 Å². The van der Waals surface area contributed by atoms with Crippen LogP contribution in [0.1, 0.15) is 64.2 Å². The van der Waals surface area contributed by atoms with E-state index in [-0.39, 0.29) is 37.7 Å². The van der Waals surface area contributed by atoms with Crippen molar-refractivity contribution in [1.82, 2.24) is 24.8 Å². The van der Waals surface area contributed by atoms with E-state index in [9.17, 15) is 14.4 Å². The highest BCUT2D eigenvalue weighted by Crippen LogP contribution is 2.22. The number of ether oxygens (including phenoxy) is 3. The number of carbonyl (C=O) groups excluding carboxylic acids is 3. The summed E-state index contributed by atoms with van der Waals surface area (Å²) in [7, 11) is 0. The van der Waals surface area contributed by atoms with Gasteiger partial charge < -0.3 is 30.2 Å². The molecule has 42 heavy (non-hydrogen) atoms. The minimum atomic E-state index is -1.13. The van der Waals surface area contributed by atoms with Gasteiger partial charge in [0, 0.05) is 13.0 Å². The van der Waals surface area contributed by atoms with Crippen molar-refractivity contribution in [3.05, 3.63) is 65.6 Å². The number of likely N-dealkylation sites (tertiary alicyclic amines) is 1. The molecule has 1 aromatic carbocycles. The molecule has 1 aliphatic heterocycles. The third-order valence-corrected chi connectivity index (χ3v) is 6.77. The van der Waals surface area contributed by atoms with Crippen LogP contribution in [0, 0.1) is 5.41 Å². The fourth-order valence-corrected chi connectivity index (χ4v) is 4.31. The first-order chi connectivity index (χ1) is 19.8. The van der Waals surface area contributed by atoms with Gasteiger partial charge in [0.05, 0.1) is 36.4 Å². The number of fused-ring (bicyclic) bond motifs is 1. The SMILES string of the molecule is CC(C)(C)C(=O)O[C@H]1CCN(C(=O)OCc2cccc3nnc([C@@H](COCc4ccccc4)NC(=O)C(C)(C)N)n23)C1. The van der Waals surface area contributed by atoms with Crippen LogP contribution in [0.5, 0.6) is 0 Å². The summed E-state index contributed by atoms with van der Waals surface area (Å²) in [5.41, 5.74) is 6.41. The lowest BCUT2D eigenvalue weighted by molar-refractivity contribution is -0.157. The van der Waals surface area contributed by atoms with Crippen LogP contribution in [0.3, 0.4) is 0 Å². The van der Waals surface area contributed by atoms with E-state index >= 15 is 0 Å². The second-order valence-electron chi connectivity index (χ2n) is 12.1. The zero-order valence-corrected chi connectivity index (χ0v) is 24.8. The molecule has 3 aromatic rings. The quantitative estimate of drug-likeness (QED) is 0.345. The highest BCUT2D eigenvalue weighted by Gasteiger charge is 2.33. The zero-order chi connectivity index (χ0) is 30.5. The number of pyridine rings is 1. The molecule has 1 aliphatic rings. The third-order valence-electron chi connectivity index (χ3n) is 6.77. The molecule has 0 aliphatic carbocycles. The van der Waals surface area contributed by atoms with Crippen LogP contribution in [0.2, 0.25) is 0 Å².